The summed E-state index contributed by atoms with van der Waals surface area (Å²) in [6.45, 7) is 0. The molecule has 1 aliphatic rings. The summed E-state index contributed by atoms with van der Waals surface area (Å²) in [5.74, 6) is -1.02. The molecule has 20 heavy (non-hydrogen) atoms. The number of nitrogens with zero attached hydrogens (tertiary/aromatic N) is 2. The van der Waals surface area contributed by atoms with E-state index in [1.807, 2.05) is 0 Å². The van der Waals surface area contributed by atoms with E-state index in [1.165, 1.54) is 0 Å². The lowest BCUT2D eigenvalue weighted by molar-refractivity contribution is -0.562. The molecular formula is C12H10N4O4. The van der Waals surface area contributed by atoms with Gasteiger partial charge in [-0.3, -0.25) is 19.9 Å². The van der Waals surface area contributed by atoms with Crippen molar-refractivity contribution < 1.29 is 9.66 Å². The normalized spacial score (nSPS) is 20.2. The molecule has 2 aromatic rings. The number of aromatic amines is 1. The first-order chi connectivity index (χ1) is 9.58. The van der Waals surface area contributed by atoms with Crippen LogP contribution in [0.5, 0.6) is 5.88 Å². The zero-order valence-electron chi connectivity index (χ0n) is 10.1. The predicted molar refractivity (Wildman–Crippen MR) is 69.0 cm³/mol. The van der Waals surface area contributed by atoms with Crippen molar-refractivity contribution in [3.63, 3.8) is 0 Å². The van der Waals surface area contributed by atoms with Crippen LogP contribution in [-0.2, 0) is 0 Å². The van der Waals surface area contributed by atoms with Crippen LogP contribution in [-0.4, -0.2) is 21.1 Å². The van der Waals surface area contributed by atoms with E-state index < -0.39 is 22.6 Å². The van der Waals surface area contributed by atoms with Gasteiger partial charge in [0.2, 0.25) is 11.8 Å². The van der Waals surface area contributed by atoms with E-state index >= 15 is 0 Å². The van der Waals surface area contributed by atoms with Gasteiger partial charge in [0.25, 0.3) is 5.56 Å². The van der Waals surface area contributed by atoms with Gasteiger partial charge in [-0.15, -0.1) is 0 Å². The van der Waals surface area contributed by atoms with Crippen molar-refractivity contribution in [2.24, 2.45) is 0 Å². The molecule has 2 atom stereocenters. The Morgan fingerprint density at radius 1 is 1.35 bits per heavy atom. The van der Waals surface area contributed by atoms with E-state index in [1.54, 1.807) is 30.3 Å². The molecule has 102 valence electrons. The van der Waals surface area contributed by atoms with E-state index in [9.17, 15) is 14.9 Å². The number of H-pyrrole nitrogens is 1. The Balaban J connectivity index is 2.21. The minimum atomic E-state index is -1.39. The average Bonchev–Trinajstić information content (AvgIpc) is 2.79. The summed E-state index contributed by atoms with van der Waals surface area (Å²) in [6.07, 6.45) is -1.39. The van der Waals surface area contributed by atoms with Crippen molar-refractivity contribution in [1.29, 1.82) is 0 Å². The molecule has 0 saturated carbocycles. The Labute approximate surface area is 112 Å². The number of nitro groups is 1. The number of nitrogens with one attached hydrogen (secondary N) is 1. The fraction of sp³-hybridized carbons (Fsp3) is 0.167. The van der Waals surface area contributed by atoms with Crippen LogP contribution in [0.1, 0.15) is 17.0 Å². The quantitative estimate of drug-likeness (QED) is 0.606. The molecule has 0 unspecified atom stereocenters. The molecule has 0 bridgehead atoms. The lowest BCUT2D eigenvalue weighted by Gasteiger charge is -2.11. The van der Waals surface area contributed by atoms with Crippen molar-refractivity contribution in [2.45, 2.75) is 12.1 Å². The van der Waals surface area contributed by atoms with E-state index in [0.717, 1.165) is 0 Å². The molecule has 0 fully saturated rings. The number of rotatable bonds is 2. The molecule has 0 spiro atoms. The van der Waals surface area contributed by atoms with Gasteiger partial charge in [0, 0.05) is 0 Å². The number of aromatic nitrogens is 2. The number of ether oxygens (including phenoxy) is 1. The summed E-state index contributed by atoms with van der Waals surface area (Å²) < 4.78 is 5.19. The second-order valence-corrected chi connectivity index (χ2v) is 4.35. The number of benzene rings is 1. The zero-order chi connectivity index (χ0) is 14.3. The highest BCUT2D eigenvalue weighted by Gasteiger charge is 2.47. The van der Waals surface area contributed by atoms with Crippen LogP contribution in [0.15, 0.2) is 35.1 Å². The van der Waals surface area contributed by atoms with Crippen LogP contribution < -0.4 is 16.0 Å². The van der Waals surface area contributed by atoms with Gasteiger partial charge >= 0.3 is 6.23 Å². The maximum Gasteiger partial charge on any atom is 0.366 e. The van der Waals surface area contributed by atoms with E-state index in [0.29, 0.717) is 5.56 Å². The standard InChI is InChI=1S/C12H10N4O4/c13-12-14-9(17)8-7(6-4-2-1-3-5-6)11(16(18)19)20-10(8)15-12/h1-5,7,11H,(H3,13,14,15,17)/t7-,11-/m1/s1. The topological polar surface area (TPSA) is 124 Å². The molecule has 1 aliphatic heterocycles. The van der Waals surface area contributed by atoms with Gasteiger partial charge in [-0.2, -0.15) is 4.98 Å². The molecule has 0 saturated heterocycles. The van der Waals surface area contributed by atoms with E-state index in [2.05, 4.69) is 9.97 Å². The minimum absolute atomic E-state index is 0.0817. The Morgan fingerprint density at radius 2 is 2.05 bits per heavy atom. The molecule has 0 radical (unpaired) electrons. The van der Waals surface area contributed by atoms with E-state index in [4.69, 9.17) is 10.5 Å². The maximum atomic E-state index is 12.0. The smallest absolute Gasteiger partial charge is 0.366 e. The first kappa shape index (κ1) is 12.2. The van der Waals surface area contributed by atoms with Crippen molar-refractivity contribution in [2.75, 3.05) is 5.73 Å². The van der Waals surface area contributed by atoms with Gasteiger partial charge in [0.05, 0.1) is 10.5 Å². The second kappa shape index (κ2) is 4.34. The number of fused-ring (bicyclic) bond motifs is 1. The van der Waals surface area contributed by atoms with Crippen LogP contribution in [0.25, 0.3) is 0 Å². The van der Waals surface area contributed by atoms with Gasteiger partial charge in [0.1, 0.15) is 5.92 Å². The Bertz CT molecular complexity index is 728. The Kier molecular flexibility index (Phi) is 2.63. The van der Waals surface area contributed by atoms with Crippen LogP contribution in [0, 0.1) is 10.1 Å². The Hall–Kier alpha value is -2.90. The molecule has 8 heteroatoms. The van der Waals surface area contributed by atoms with Gasteiger partial charge in [0.15, 0.2) is 0 Å². The monoisotopic (exact) mass is 274 g/mol. The zero-order valence-corrected chi connectivity index (χ0v) is 10.1. The molecule has 0 amide bonds. The van der Waals surface area contributed by atoms with Gasteiger partial charge in [-0.05, 0) is 5.56 Å². The first-order valence-electron chi connectivity index (χ1n) is 5.82. The summed E-state index contributed by atoms with van der Waals surface area (Å²) in [6, 6.07) is 8.67. The third-order valence-corrected chi connectivity index (χ3v) is 3.13. The summed E-state index contributed by atoms with van der Waals surface area (Å²) >= 11 is 0. The number of nitrogens with two attached hydrogens (primary N) is 1. The molecule has 1 aromatic heterocycles. The fourth-order valence-electron chi connectivity index (χ4n) is 2.32. The van der Waals surface area contributed by atoms with Gasteiger partial charge in [-0.1, -0.05) is 30.3 Å². The maximum absolute atomic E-state index is 12.0. The highest BCUT2D eigenvalue weighted by molar-refractivity contribution is 5.43. The van der Waals surface area contributed by atoms with Crippen LogP contribution in [0.3, 0.4) is 0 Å². The number of hydrogen-bond donors (Lipinski definition) is 2. The number of hydrogen-bond acceptors (Lipinski definition) is 6. The number of anilines is 1. The third kappa shape index (κ3) is 1.78. The lowest BCUT2D eigenvalue weighted by Crippen LogP contribution is -2.30. The molecule has 3 N–H and O–H groups in total. The second-order valence-electron chi connectivity index (χ2n) is 4.35. The van der Waals surface area contributed by atoms with Gasteiger partial charge < -0.3 is 10.5 Å². The van der Waals surface area contributed by atoms with Crippen molar-refractivity contribution >= 4 is 5.95 Å². The summed E-state index contributed by atoms with van der Waals surface area (Å²) in [4.78, 5) is 28.7. The summed E-state index contributed by atoms with van der Waals surface area (Å²) in [7, 11) is 0. The molecule has 0 aliphatic carbocycles. The summed E-state index contributed by atoms with van der Waals surface area (Å²) in [5, 5.41) is 11.2. The van der Waals surface area contributed by atoms with Crippen LogP contribution in [0.4, 0.5) is 5.95 Å². The van der Waals surface area contributed by atoms with E-state index in [-0.39, 0.29) is 17.4 Å². The number of nitrogen functional groups attached to an aromatic ring is 1. The highest BCUT2D eigenvalue weighted by atomic mass is 16.7. The Morgan fingerprint density at radius 3 is 2.70 bits per heavy atom. The van der Waals surface area contributed by atoms with Crippen molar-refractivity contribution in [3.8, 4) is 5.88 Å². The molecule has 3 rings (SSSR count). The lowest BCUT2D eigenvalue weighted by atomic mass is 9.93. The van der Waals surface area contributed by atoms with Crippen molar-refractivity contribution in [3.05, 3.63) is 61.9 Å². The highest BCUT2D eigenvalue weighted by Crippen LogP contribution is 2.39. The van der Waals surface area contributed by atoms with Crippen LogP contribution in [0.2, 0.25) is 0 Å². The molecule has 8 nitrogen and oxygen atoms in total. The SMILES string of the molecule is Nc1nc2c(c(=O)[nH]1)[C@@H](c1ccccc1)[C@H]([N+](=O)[O-])O2. The average molecular weight is 274 g/mol. The molecule has 2 heterocycles. The minimum Gasteiger partial charge on any atom is -0.411 e. The van der Waals surface area contributed by atoms with Crippen LogP contribution >= 0.6 is 0 Å². The molecular weight excluding hydrogens is 264 g/mol. The fourth-order valence-corrected chi connectivity index (χ4v) is 2.32. The van der Waals surface area contributed by atoms with Crippen molar-refractivity contribution in [1.82, 2.24) is 9.97 Å². The largest absolute Gasteiger partial charge is 0.411 e. The predicted octanol–water partition coefficient (Wildman–Crippen LogP) is 0.479. The third-order valence-electron chi connectivity index (χ3n) is 3.13. The first-order valence-corrected chi connectivity index (χ1v) is 5.82. The molecule has 1 aromatic carbocycles. The summed E-state index contributed by atoms with van der Waals surface area (Å²) in [5.41, 5.74) is 5.65. The van der Waals surface area contributed by atoms with Gasteiger partial charge in [-0.25, -0.2) is 0 Å².